The number of hydrogen-bond donors (Lipinski definition) is 0. The van der Waals surface area contributed by atoms with Crippen molar-refractivity contribution < 1.29 is 20.1 Å². The van der Waals surface area contributed by atoms with Gasteiger partial charge in [-0.05, 0) is 19.4 Å². The Morgan fingerprint density at radius 3 is 2.62 bits per heavy atom. The summed E-state index contributed by atoms with van der Waals surface area (Å²) in [5.74, 6) is 0. The van der Waals surface area contributed by atoms with E-state index in [-0.39, 0.29) is 20.1 Å². The van der Waals surface area contributed by atoms with Gasteiger partial charge in [0.1, 0.15) is 0 Å². The van der Waals surface area contributed by atoms with Crippen LogP contribution in [0.3, 0.4) is 0 Å². The van der Waals surface area contributed by atoms with Gasteiger partial charge in [-0.25, -0.2) is 0 Å². The summed E-state index contributed by atoms with van der Waals surface area (Å²) >= 11 is 0. The average molecular weight is 393 g/mol. The average Bonchev–Trinajstić information content (AvgIpc) is 2.65. The Morgan fingerprint density at radius 2 is 2.06 bits per heavy atom. The van der Waals surface area contributed by atoms with E-state index < -0.39 is 0 Å². The molecule has 0 bridgehead atoms. The van der Waals surface area contributed by atoms with Crippen LogP contribution >= 0.6 is 0 Å². The molecule has 2 rings (SSSR count). The van der Waals surface area contributed by atoms with Gasteiger partial charge < -0.3 is 14.7 Å². The van der Waals surface area contributed by atoms with E-state index in [0.717, 1.165) is 5.69 Å². The minimum atomic E-state index is 0. The van der Waals surface area contributed by atoms with Gasteiger partial charge in [0.25, 0.3) is 0 Å². The molecule has 0 saturated carbocycles. The molecule has 1 aromatic carbocycles. The molecule has 0 spiro atoms. The van der Waals surface area contributed by atoms with E-state index in [1.807, 2.05) is 62.1 Å². The molecule has 0 atom stereocenters. The molecule has 89 valence electrons. The van der Waals surface area contributed by atoms with Gasteiger partial charge in [0.05, 0.1) is 0 Å². The predicted molar refractivity (Wildman–Crippen MR) is 63.3 cm³/mol. The number of hydrogen-bond acceptors (Lipinski definition) is 3. The predicted octanol–water partition coefficient (Wildman–Crippen LogP) is 1.89. The van der Waals surface area contributed by atoms with E-state index in [9.17, 15) is 0 Å². The van der Waals surface area contributed by atoms with Gasteiger partial charge in [0, 0.05) is 34.2 Å². The minimum Gasteiger partial charge on any atom is -0.510 e. The van der Waals surface area contributed by atoms with E-state index in [1.54, 1.807) is 0 Å². The molecule has 1 aliphatic rings. The SMILES string of the molecule is CN1C=CN(c2[c-]ccc(N(C)C)c2)[CH-]1.[Ir]. The molecule has 0 amide bonds. The molecule has 1 aromatic rings. The van der Waals surface area contributed by atoms with Gasteiger partial charge in [-0.3, -0.25) is 0 Å². The second-order valence-corrected chi connectivity index (χ2v) is 3.81. The zero-order valence-corrected chi connectivity index (χ0v) is 12.0. The van der Waals surface area contributed by atoms with Crippen molar-refractivity contribution in [2.45, 2.75) is 0 Å². The zero-order chi connectivity index (χ0) is 10.8. The molecule has 1 heterocycles. The summed E-state index contributed by atoms with van der Waals surface area (Å²) in [5, 5.41) is 0. The number of benzene rings is 1. The van der Waals surface area contributed by atoms with E-state index in [4.69, 9.17) is 0 Å². The van der Waals surface area contributed by atoms with Gasteiger partial charge in [0.15, 0.2) is 0 Å². The molecular weight excluding hydrogens is 378 g/mol. The molecule has 0 unspecified atom stereocenters. The van der Waals surface area contributed by atoms with Crippen LogP contribution in [0, 0.1) is 12.7 Å². The largest absolute Gasteiger partial charge is 0.510 e. The van der Waals surface area contributed by atoms with Gasteiger partial charge in [-0.1, -0.05) is 5.69 Å². The van der Waals surface area contributed by atoms with Crippen LogP contribution in [-0.2, 0) is 20.1 Å². The molecule has 0 fully saturated rings. The Kier molecular flexibility index (Phi) is 4.39. The zero-order valence-electron chi connectivity index (χ0n) is 9.64. The van der Waals surface area contributed by atoms with E-state index >= 15 is 0 Å². The minimum absolute atomic E-state index is 0. The van der Waals surface area contributed by atoms with Gasteiger partial charge >= 0.3 is 0 Å². The van der Waals surface area contributed by atoms with Crippen LogP contribution in [0.5, 0.6) is 0 Å². The van der Waals surface area contributed by atoms with Crippen LogP contribution in [-0.4, -0.2) is 26.0 Å². The van der Waals surface area contributed by atoms with Crippen LogP contribution < -0.4 is 9.80 Å². The third kappa shape index (κ3) is 2.77. The summed E-state index contributed by atoms with van der Waals surface area (Å²) in [6, 6.07) is 9.33. The first-order valence-electron chi connectivity index (χ1n) is 4.89. The Bertz CT molecular complexity index is 376. The summed E-state index contributed by atoms with van der Waals surface area (Å²) in [5.41, 5.74) is 2.24. The van der Waals surface area contributed by atoms with Crippen molar-refractivity contribution in [3.8, 4) is 0 Å². The van der Waals surface area contributed by atoms with Crippen molar-refractivity contribution >= 4 is 11.4 Å². The molecule has 3 nitrogen and oxygen atoms in total. The smallest absolute Gasteiger partial charge is 0.00397 e. The first kappa shape index (κ1) is 13.1. The summed E-state index contributed by atoms with van der Waals surface area (Å²) < 4.78 is 0. The fourth-order valence-electron chi connectivity index (χ4n) is 1.46. The standard InChI is InChI=1S/C12H15N3.Ir/c1-13(2)11-5-4-6-12(9-11)15-8-7-14(3)10-15;/h4-5,7-10H,1-3H3;/q-2;. The van der Waals surface area contributed by atoms with Crippen LogP contribution in [0.4, 0.5) is 11.4 Å². The van der Waals surface area contributed by atoms with Crippen molar-refractivity contribution in [1.82, 2.24) is 4.90 Å². The number of nitrogens with zero attached hydrogens (tertiary/aromatic N) is 3. The first-order chi connectivity index (χ1) is 7.16. The maximum absolute atomic E-state index is 3.22. The van der Waals surface area contributed by atoms with Crippen molar-refractivity contribution in [3.63, 3.8) is 0 Å². The maximum Gasteiger partial charge on any atom is 0.00397 e. The molecule has 4 heteroatoms. The van der Waals surface area contributed by atoms with Crippen molar-refractivity contribution in [2.24, 2.45) is 0 Å². The van der Waals surface area contributed by atoms with Crippen LogP contribution in [0.15, 0.2) is 30.6 Å². The number of rotatable bonds is 2. The van der Waals surface area contributed by atoms with E-state index in [2.05, 4.69) is 17.0 Å². The van der Waals surface area contributed by atoms with Gasteiger partial charge in [-0.2, -0.15) is 18.8 Å². The molecule has 16 heavy (non-hydrogen) atoms. The Balaban J connectivity index is 0.00000128. The summed E-state index contributed by atoms with van der Waals surface area (Å²) in [6.45, 7) is 2.02. The number of anilines is 2. The quantitative estimate of drug-likeness (QED) is 0.711. The van der Waals surface area contributed by atoms with Crippen LogP contribution in [0.25, 0.3) is 0 Å². The van der Waals surface area contributed by atoms with Crippen molar-refractivity contribution in [2.75, 3.05) is 30.9 Å². The van der Waals surface area contributed by atoms with Gasteiger partial charge in [-0.15, -0.1) is 17.8 Å². The Labute approximate surface area is 111 Å². The molecule has 1 radical (unpaired) electrons. The second kappa shape index (κ2) is 5.37. The Morgan fingerprint density at radius 1 is 1.31 bits per heavy atom. The fraction of sp³-hybridized carbons (Fsp3) is 0.250. The summed E-state index contributed by atoms with van der Waals surface area (Å²) in [6.07, 6.45) is 4.03. The van der Waals surface area contributed by atoms with Crippen LogP contribution in [0.1, 0.15) is 0 Å². The fourth-order valence-corrected chi connectivity index (χ4v) is 1.46. The Hall–Kier alpha value is -0.991. The summed E-state index contributed by atoms with van der Waals surface area (Å²) in [7, 11) is 6.08. The third-order valence-electron chi connectivity index (χ3n) is 2.33. The second-order valence-electron chi connectivity index (χ2n) is 3.81. The van der Waals surface area contributed by atoms with Crippen molar-refractivity contribution in [1.29, 1.82) is 0 Å². The maximum atomic E-state index is 3.22. The first-order valence-corrected chi connectivity index (χ1v) is 4.89. The van der Waals surface area contributed by atoms with E-state index in [0.29, 0.717) is 0 Å². The third-order valence-corrected chi connectivity index (χ3v) is 2.33. The molecular formula is C12H15IrN3-2. The molecule has 1 aliphatic heterocycles. The van der Waals surface area contributed by atoms with Gasteiger partial charge in [0.2, 0.25) is 0 Å². The summed E-state index contributed by atoms with van der Waals surface area (Å²) in [4.78, 5) is 6.14. The topological polar surface area (TPSA) is 9.72 Å². The molecule has 0 saturated heterocycles. The monoisotopic (exact) mass is 394 g/mol. The molecule has 0 aliphatic carbocycles. The van der Waals surface area contributed by atoms with E-state index in [1.165, 1.54) is 5.69 Å². The van der Waals surface area contributed by atoms with Crippen molar-refractivity contribution in [3.05, 3.63) is 43.3 Å². The normalized spacial score (nSPS) is 13.9. The molecule has 0 aromatic heterocycles. The molecule has 0 N–H and O–H groups in total. The van der Waals surface area contributed by atoms with Crippen LogP contribution in [0.2, 0.25) is 0 Å².